The Hall–Kier alpha value is -2.88. The summed E-state index contributed by atoms with van der Waals surface area (Å²) >= 11 is 0. The van der Waals surface area contributed by atoms with Crippen LogP contribution in [0.15, 0.2) is 59.1 Å². The third-order valence-corrected chi connectivity index (χ3v) is 4.74. The van der Waals surface area contributed by atoms with Crippen molar-refractivity contribution in [3.8, 4) is 28.5 Å². The maximum Gasteiger partial charge on any atom is 0.226 e. The van der Waals surface area contributed by atoms with Crippen molar-refractivity contribution in [3.05, 3.63) is 60.3 Å². The molecule has 3 rings (SSSR count). The average molecular weight is 392 g/mol. The number of carbonyl (C=O) groups is 1. The van der Waals surface area contributed by atoms with Gasteiger partial charge in [-0.2, -0.15) is 0 Å². The zero-order valence-electron chi connectivity index (χ0n) is 17.7. The lowest BCUT2D eigenvalue weighted by atomic mass is 9.86. The lowest BCUT2D eigenvalue weighted by molar-refractivity contribution is 0.0858. The normalized spacial score (nSPS) is 11.4. The van der Waals surface area contributed by atoms with Gasteiger partial charge >= 0.3 is 0 Å². The lowest BCUT2D eigenvalue weighted by Gasteiger charge is -2.16. The first-order chi connectivity index (χ1) is 13.9. The second-order valence-corrected chi connectivity index (χ2v) is 8.27. The van der Waals surface area contributed by atoms with Crippen molar-refractivity contribution in [1.29, 1.82) is 0 Å². The standard InChI is InChI=1S/C25H29NO3/c1-5-6-7-16-28-21-14-12-18(13-15-21)22-17-26-24(29-22)20-10-8-19(9-11-20)23(27)25(2,3)4/h8-15,17H,5-7,16H2,1-4H3. The van der Waals surface area contributed by atoms with Gasteiger partial charge in [0.2, 0.25) is 5.89 Å². The van der Waals surface area contributed by atoms with Gasteiger partial charge in [0.15, 0.2) is 11.5 Å². The van der Waals surface area contributed by atoms with Gasteiger partial charge in [-0.25, -0.2) is 4.98 Å². The quantitative estimate of drug-likeness (QED) is 0.313. The predicted octanol–water partition coefficient (Wildman–Crippen LogP) is 6.81. The summed E-state index contributed by atoms with van der Waals surface area (Å²) < 4.78 is 11.7. The first-order valence-corrected chi connectivity index (χ1v) is 10.2. The van der Waals surface area contributed by atoms with Crippen LogP contribution in [0.2, 0.25) is 0 Å². The highest BCUT2D eigenvalue weighted by Crippen LogP contribution is 2.28. The second kappa shape index (κ2) is 9.08. The van der Waals surface area contributed by atoms with Crippen LogP contribution < -0.4 is 4.74 Å². The van der Waals surface area contributed by atoms with E-state index in [0.29, 0.717) is 17.2 Å². The van der Waals surface area contributed by atoms with E-state index in [1.807, 2.05) is 69.3 Å². The van der Waals surface area contributed by atoms with Crippen molar-refractivity contribution in [1.82, 2.24) is 4.98 Å². The minimum absolute atomic E-state index is 0.120. The third-order valence-electron chi connectivity index (χ3n) is 4.74. The van der Waals surface area contributed by atoms with Gasteiger partial charge in [-0.3, -0.25) is 4.79 Å². The fourth-order valence-electron chi connectivity index (χ4n) is 3.00. The first-order valence-electron chi connectivity index (χ1n) is 10.2. The summed E-state index contributed by atoms with van der Waals surface area (Å²) in [6.07, 6.45) is 5.17. The van der Waals surface area contributed by atoms with E-state index in [4.69, 9.17) is 9.15 Å². The molecule has 0 aliphatic heterocycles. The number of carbonyl (C=O) groups excluding carboxylic acids is 1. The molecule has 0 amide bonds. The lowest BCUT2D eigenvalue weighted by Crippen LogP contribution is -2.19. The molecule has 29 heavy (non-hydrogen) atoms. The van der Waals surface area contributed by atoms with E-state index in [1.54, 1.807) is 6.20 Å². The number of oxazole rings is 1. The van der Waals surface area contributed by atoms with Crippen LogP contribution >= 0.6 is 0 Å². The van der Waals surface area contributed by atoms with Crippen molar-refractivity contribution in [2.75, 3.05) is 6.61 Å². The zero-order chi connectivity index (χ0) is 20.9. The molecule has 0 spiro atoms. The summed E-state index contributed by atoms with van der Waals surface area (Å²) in [4.78, 5) is 16.8. The number of rotatable bonds is 8. The van der Waals surface area contributed by atoms with Crippen LogP contribution in [0.1, 0.15) is 57.3 Å². The summed E-state index contributed by atoms with van der Waals surface area (Å²) in [5.41, 5.74) is 2.09. The smallest absolute Gasteiger partial charge is 0.226 e. The molecule has 4 nitrogen and oxygen atoms in total. The van der Waals surface area contributed by atoms with E-state index in [0.717, 1.165) is 29.9 Å². The Morgan fingerprint density at radius 1 is 0.966 bits per heavy atom. The molecule has 0 aliphatic rings. The predicted molar refractivity (Wildman–Crippen MR) is 116 cm³/mol. The van der Waals surface area contributed by atoms with E-state index < -0.39 is 5.41 Å². The van der Waals surface area contributed by atoms with Crippen LogP contribution in [-0.4, -0.2) is 17.4 Å². The minimum Gasteiger partial charge on any atom is -0.494 e. The number of nitrogens with zero attached hydrogens (tertiary/aromatic N) is 1. The first kappa shape index (κ1) is 20.8. The molecule has 2 aromatic carbocycles. The number of hydrogen-bond donors (Lipinski definition) is 0. The van der Waals surface area contributed by atoms with E-state index in [2.05, 4.69) is 11.9 Å². The Kier molecular flexibility index (Phi) is 6.53. The van der Waals surface area contributed by atoms with Gasteiger partial charge in [0.25, 0.3) is 0 Å². The van der Waals surface area contributed by atoms with Crippen molar-refractivity contribution in [2.45, 2.75) is 47.0 Å². The molecule has 0 saturated heterocycles. The van der Waals surface area contributed by atoms with Gasteiger partial charge < -0.3 is 9.15 Å². The maximum atomic E-state index is 12.4. The average Bonchev–Trinajstić information content (AvgIpc) is 3.21. The molecule has 0 bridgehead atoms. The Morgan fingerprint density at radius 3 is 2.24 bits per heavy atom. The zero-order valence-corrected chi connectivity index (χ0v) is 17.7. The van der Waals surface area contributed by atoms with Crippen molar-refractivity contribution < 1.29 is 13.9 Å². The Balaban J connectivity index is 1.68. The van der Waals surface area contributed by atoms with Crippen molar-refractivity contribution in [3.63, 3.8) is 0 Å². The Labute approximate surface area is 172 Å². The molecular weight excluding hydrogens is 362 g/mol. The molecule has 0 fully saturated rings. The van der Waals surface area contributed by atoms with E-state index >= 15 is 0 Å². The van der Waals surface area contributed by atoms with Crippen molar-refractivity contribution in [2.24, 2.45) is 5.41 Å². The van der Waals surface area contributed by atoms with Crippen LogP contribution in [0.3, 0.4) is 0 Å². The maximum absolute atomic E-state index is 12.4. The highest BCUT2D eigenvalue weighted by molar-refractivity contribution is 6.00. The van der Waals surface area contributed by atoms with E-state index in [-0.39, 0.29) is 5.78 Å². The molecule has 152 valence electrons. The topological polar surface area (TPSA) is 52.3 Å². The summed E-state index contributed by atoms with van der Waals surface area (Å²) in [5, 5.41) is 0. The number of benzene rings is 2. The molecule has 0 atom stereocenters. The molecule has 4 heteroatoms. The molecule has 3 aromatic rings. The molecule has 0 N–H and O–H groups in total. The number of aromatic nitrogens is 1. The molecule has 1 heterocycles. The van der Waals surface area contributed by atoms with Gasteiger partial charge in [-0.1, -0.05) is 52.7 Å². The summed E-state index contributed by atoms with van der Waals surface area (Å²) in [6, 6.07) is 15.3. The Bertz CT molecular complexity index is 931. The molecular formula is C25H29NO3. The van der Waals surface area contributed by atoms with E-state index in [9.17, 15) is 4.79 Å². The fraction of sp³-hybridized carbons (Fsp3) is 0.360. The number of ketones is 1. The van der Waals surface area contributed by atoms with Gasteiger partial charge in [0, 0.05) is 22.1 Å². The van der Waals surface area contributed by atoms with Crippen LogP contribution in [0.5, 0.6) is 5.75 Å². The highest BCUT2D eigenvalue weighted by Gasteiger charge is 2.22. The minimum atomic E-state index is -0.399. The van der Waals surface area contributed by atoms with Gasteiger partial charge in [-0.05, 0) is 42.8 Å². The van der Waals surface area contributed by atoms with Crippen molar-refractivity contribution >= 4 is 5.78 Å². The van der Waals surface area contributed by atoms with Gasteiger partial charge in [0.1, 0.15) is 5.75 Å². The Morgan fingerprint density at radius 2 is 1.62 bits per heavy atom. The van der Waals surface area contributed by atoms with Crippen LogP contribution in [0, 0.1) is 5.41 Å². The molecule has 0 saturated carbocycles. The molecule has 1 aromatic heterocycles. The highest BCUT2D eigenvalue weighted by atomic mass is 16.5. The van der Waals surface area contributed by atoms with Gasteiger partial charge in [-0.15, -0.1) is 0 Å². The summed E-state index contributed by atoms with van der Waals surface area (Å²) in [7, 11) is 0. The van der Waals surface area contributed by atoms with Gasteiger partial charge in [0.05, 0.1) is 12.8 Å². The molecule has 0 unspecified atom stereocenters. The van der Waals surface area contributed by atoms with E-state index in [1.165, 1.54) is 12.8 Å². The number of ether oxygens (including phenoxy) is 1. The SMILES string of the molecule is CCCCCOc1ccc(-c2cnc(-c3ccc(C(=O)C(C)(C)C)cc3)o2)cc1. The molecule has 0 radical (unpaired) electrons. The largest absolute Gasteiger partial charge is 0.494 e. The summed E-state index contributed by atoms with van der Waals surface area (Å²) in [6.45, 7) is 8.69. The van der Waals surface area contributed by atoms with Crippen LogP contribution in [0.25, 0.3) is 22.8 Å². The number of Topliss-reactive ketones (excluding diaryl/α,β-unsaturated/α-hetero) is 1. The molecule has 0 aliphatic carbocycles. The summed E-state index contributed by atoms with van der Waals surface area (Å²) in [5.74, 6) is 2.22. The number of hydrogen-bond acceptors (Lipinski definition) is 4. The van der Waals surface area contributed by atoms with Crippen LogP contribution in [-0.2, 0) is 0 Å². The monoisotopic (exact) mass is 391 g/mol. The number of unbranched alkanes of at least 4 members (excludes halogenated alkanes) is 2. The third kappa shape index (κ3) is 5.35. The fourth-order valence-corrected chi connectivity index (χ4v) is 3.00. The second-order valence-electron chi connectivity index (χ2n) is 8.27. The van der Waals surface area contributed by atoms with Crippen LogP contribution in [0.4, 0.5) is 0 Å².